The van der Waals surface area contributed by atoms with Gasteiger partial charge in [-0.15, -0.1) is 0 Å². The molecule has 1 unspecified atom stereocenters. The predicted molar refractivity (Wildman–Crippen MR) is 110 cm³/mol. The third-order valence-electron chi connectivity index (χ3n) is 6.76. The molecule has 2 aromatic rings. The quantitative estimate of drug-likeness (QED) is 0.733. The van der Waals surface area contributed by atoms with E-state index in [1.54, 1.807) is 14.2 Å². The average molecular weight is 366 g/mol. The van der Waals surface area contributed by atoms with Crippen molar-refractivity contribution in [3.05, 3.63) is 59.2 Å². The monoisotopic (exact) mass is 365 g/mol. The van der Waals surface area contributed by atoms with Crippen molar-refractivity contribution >= 4 is 0 Å². The van der Waals surface area contributed by atoms with Gasteiger partial charge in [0.25, 0.3) is 0 Å². The molecule has 1 aliphatic heterocycles. The highest BCUT2D eigenvalue weighted by molar-refractivity contribution is 5.49. The number of nitrogens with zero attached hydrogens (tertiary/aromatic N) is 1. The van der Waals surface area contributed by atoms with Gasteiger partial charge in [-0.2, -0.15) is 0 Å². The van der Waals surface area contributed by atoms with E-state index in [0.29, 0.717) is 11.5 Å². The molecule has 3 nitrogen and oxygen atoms in total. The maximum absolute atomic E-state index is 5.56. The van der Waals surface area contributed by atoms with Crippen LogP contribution in [0.15, 0.2) is 42.5 Å². The molecule has 0 bridgehead atoms. The Labute approximate surface area is 163 Å². The zero-order valence-corrected chi connectivity index (χ0v) is 16.8. The molecule has 2 aliphatic rings. The van der Waals surface area contributed by atoms with Crippen molar-refractivity contribution in [2.75, 3.05) is 27.3 Å². The first-order valence-corrected chi connectivity index (χ1v) is 10.2. The molecule has 0 radical (unpaired) electrons. The fraction of sp³-hybridized carbons (Fsp3) is 0.500. The van der Waals surface area contributed by atoms with E-state index < -0.39 is 0 Å². The summed E-state index contributed by atoms with van der Waals surface area (Å²) < 4.78 is 11.1. The summed E-state index contributed by atoms with van der Waals surface area (Å²) in [6, 6.07) is 16.0. The molecule has 0 N–H and O–H groups in total. The van der Waals surface area contributed by atoms with Gasteiger partial charge in [-0.25, -0.2) is 0 Å². The topological polar surface area (TPSA) is 21.7 Å². The van der Waals surface area contributed by atoms with Crippen LogP contribution in [0.5, 0.6) is 11.5 Å². The molecule has 4 rings (SSSR count). The van der Waals surface area contributed by atoms with Gasteiger partial charge in [0.1, 0.15) is 0 Å². The lowest BCUT2D eigenvalue weighted by atomic mass is 9.77. The highest BCUT2D eigenvalue weighted by Gasteiger charge is 2.39. The van der Waals surface area contributed by atoms with Crippen molar-refractivity contribution in [2.24, 2.45) is 0 Å². The Balaban J connectivity index is 1.62. The van der Waals surface area contributed by atoms with Crippen molar-refractivity contribution in [1.29, 1.82) is 0 Å². The summed E-state index contributed by atoms with van der Waals surface area (Å²) >= 11 is 0. The summed E-state index contributed by atoms with van der Waals surface area (Å²) in [4.78, 5) is 2.69. The van der Waals surface area contributed by atoms with Crippen LogP contribution in [0.4, 0.5) is 0 Å². The normalized spacial score (nSPS) is 21.7. The first-order chi connectivity index (χ1) is 13.2. The number of hydrogen-bond donors (Lipinski definition) is 0. The second-order valence-corrected chi connectivity index (χ2v) is 8.16. The van der Waals surface area contributed by atoms with Gasteiger partial charge in [-0.05, 0) is 55.0 Å². The Bertz CT molecular complexity index is 780. The standard InChI is InChI=1S/C24H31NO2/c1-18-21-16-23(27-3)22(26-2)15-19(21)11-14-25(18)17-24(12-7-8-13-24)20-9-5-4-6-10-20/h4-6,9-10,15-16,18H,7-8,11-14,17H2,1-3H3. The smallest absolute Gasteiger partial charge is 0.161 e. The van der Waals surface area contributed by atoms with Gasteiger partial charge in [0.2, 0.25) is 0 Å². The van der Waals surface area contributed by atoms with Crippen LogP contribution in [0.3, 0.4) is 0 Å². The second kappa shape index (κ2) is 7.55. The third-order valence-corrected chi connectivity index (χ3v) is 6.76. The van der Waals surface area contributed by atoms with E-state index in [9.17, 15) is 0 Å². The molecule has 1 aliphatic carbocycles. The van der Waals surface area contributed by atoms with Crippen LogP contribution < -0.4 is 9.47 Å². The lowest BCUT2D eigenvalue weighted by Gasteiger charge is -2.42. The van der Waals surface area contributed by atoms with Gasteiger partial charge >= 0.3 is 0 Å². The summed E-state index contributed by atoms with van der Waals surface area (Å²) in [5.41, 5.74) is 4.62. The fourth-order valence-electron chi connectivity index (χ4n) is 5.18. The Morgan fingerprint density at radius 2 is 1.67 bits per heavy atom. The van der Waals surface area contributed by atoms with E-state index in [-0.39, 0.29) is 0 Å². The van der Waals surface area contributed by atoms with Crippen LogP contribution in [0.25, 0.3) is 0 Å². The molecule has 1 fully saturated rings. The minimum atomic E-state index is 0.309. The number of ether oxygens (including phenoxy) is 2. The number of fused-ring (bicyclic) bond motifs is 1. The molecular weight excluding hydrogens is 334 g/mol. The highest BCUT2D eigenvalue weighted by atomic mass is 16.5. The lowest BCUT2D eigenvalue weighted by molar-refractivity contribution is 0.150. The maximum atomic E-state index is 5.56. The summed E-state index contributed by atoms with van der Waals surface area (Å²) in [5, 5.41) is 0. The molecule has 2 aromatic carbocycles. The minimum Gasteiger partial charge on any atom is -0.493 e. The van der Waals surface area contributed by atoms with Crippen molar-refractivity contribution in [3.8, 4) is 11.5 Å². The Morgan fingerprint density at radius 1 is 1.00 bits per heavy atom. The predicted octanol–water partition coefficient (Wildman–Crippen LogP) is 5.13. The zero-order valence-electron chi connectivity index (χ0n) is 16.8. The maximum Gasteiger partial charge on any atom is 0.161 e. The molecule has 0 saturated heterocycles. The van der Waals surface area contributed by atoms with Gasteiger partial charge in [0, 0.05) is 24.5 Å². The minimum absolute atomic E-state index is 0.309. The molecule has 27 heavy (non-hydrogen) atoms. The summed E-state index contributed by atoms with van der Waals surface area (Å²) in [5.74, 6) is 1.68. The van der Waals surface area contributed by atoms with Crippen LogP contribution in [0.2, 0.25) is 0 Å². The molecule has 1 saturated carbocycles. The van der Waals surface area contributed by atoms with Crippen molar-refractivity contribution < 1.29 is 9.47 Å². The average Bonchev–Trinajstić information content (AvgIpc) is 3.20. The van der Waals surface area contributed by atoms with Crippen LogP contribution in [0.1, 0.15) is 55.3 Å². The van der Waals surface area contributed by atoms with E-state index in [0.717, 1.165) is 31.0 Å². The molecule has 144 valence electrons. The van der Waals surface area contributed by atoms with E-state index in [4.69, 9.17) is 9.47 Å². The van der Waals surface area contributed by atoms with Crippen molar-refractivity contribution in [2.45, 2.75) is 50.5 Å². The van der Waals surface area contributed by atoms with E-state index in [2.05, 4.69) is 54.3 Å². The number of methoxy groups -OCH3 is 2. The number of benzene rings is 2. The lowest BCUT2D eigenvalue weighted by Crippen LogP contribution is -2.43. The molecule has 3 heteroatoms. The molecule has 1 atom stereocenters. The Hall–Kier alpha value is -2.00. The van der Waals surface area contributed by atoms with Crippen LogP contribution in [-0.2, 0) is 11.8 Å². The first-order valence-electron chi connectivity index (χ1n) is 10.2. The first kappa shape index (κ1) is 18.4. The van der Waals surface area contributed by atoms with Gasteiger partial charge < -0.3 is 9.47 Å². The molecular formula is C24H31NO2. The van der Waals surface area contributed by atoms with Crippen molar-refractivity contribution in [3.63, 3.8) is 0 Å². The van der Waals surface area contributed by atoms with E-state index in [1.165, 1.54) is 42.4 Å². The summed E-state index contributed by atoms with van der Waals surface area (Å²) in [7, 11) is 3.44. The third kappa shape index (κ3) is 3.34. The van der Waals surface area contributed by atoms with Gasteiger partial charge in [-0.1, -0.05) is 43.2 Å². The van der Waals surface area contributed by atoms with Gasteiger partial charge in [0.05, 0.1) is 14.2 Å². The van der Waals surface area contributed by atoms with Crippen LogP contribution in [0, 0.1) is 0 Å². The van der Waals surface area contributed by atoms with Crippen LogP contribution >= 0.6 is 0 Å². The highest BCUT2D eigenvalue weighted by Crippen LogP contribution is 2.45. The number of hydrogen-bond acceptors (Lipinski definition) is 3. The van der Waals surface area contributed by atoms with Crippen LogP contribution in [-0.4, -0.2) is 32.2 Å². The molecule has 1 heterocycles. The Kier molecular flexibility index (Phi) is 5.14. The summed E-state index contributed by atoms with van der Waals surface area (Å²) in [6.07, 6.45) is 6.38. The Morgan fingerprint density at radius 3 is 2.33 bits per heavy atom. The summed E-state index contributed by atoms with van der Waals surface area (Å²) in [6.45, 7) is 4.60. The SMILES string of the molecule is COc1cc2c(cc1OC)C(C)N(CC1(c3ccccc3)CCCC1)CC2. The van der Waals surface area contributed by atoms with Crippen molar-refractivity contribution in [1.82, 2.24) is 4.90 Å². The second-order valence-electron chi connectivity index (χ2n) is 8.16. The van der Waals surface area contributed by atoms with Gasteiger partial charge in [-0.3, -0.25) is 4.90 Å². The van der Waals surface area contributed by atoms with E-state index >= 15 is 0 Å². The largest absolute Gasteiger partial charge is 0.493 e. The molecule has 0 amide bonds. The fourth-order valence-corrected chi connectivity index (χ4v) is 5.18. The zero-order chi connectivity index (χ0) is 18.9. The van der Waals surface area contributed by atoms with Gasteiger partial charge in [0.15, 0.2) is 11.5 Å². The molecule has 0 spiro atoms. The molecule has 0 aromatic heterocycles. The van der Waals surface area contributed by atoms with E-state index in [1.807, 2.05) is 0 Å². The number of rotatable bonds is 5.